The Balaban J connectivity index is 1.08. The second-order valence-corrected chi connectivity index (χ2v) is 11.0. The lowest BCUT2D eigenvalue weighted by molar-refractivity contribution is -0.0134. The van der Waals surface area contributed by atoms with Crippen LogP contribution < -0.4 is 5.73 Å². The fourth-order valence-electron chi connectivity index (χ4n) is 6.03. The van der Waals surface area contributed by atoms with E-state index in [1.54, 1.807) is 12.4 Å². The van der Waals surface area contributed by atoms with Gasteiger partial charge in [0.25, 0.3) is 5.91 Å². The van der Waals surface area contributed by atoms with Gasteiger partial charge in [-0.2, -0.15) is 5.10 Å². The van der Waals surface area contributed by atoms with Crippen molar-refractivity contribution in [3.05, 3.63) is 66.1 Å². The van der Waals surface area contributed by atoms with Gasteiger partial charge in [-0.05, 0) is 56.8 Å². The number of carbonyl (C=O) groups excluding carboxylic acids is 1. The third kappa shape index (κ3) is 4.81. The molecule has 6 rings (SSSR count). The second kappa shape index (κ2) is 10.1. The van der Waals surface area contributed by atoms with Crippen LogP contribution in [0.1, 0.15) is 28.8 Å². The highest BCUT2D eigenvalue weighted by atomic mass is 19.1. The van der Waals surface area contributed by atoms with Crippen molar-refractivity contribution >= 4 is 16.9 Å². The van der Waals surface area contributed by atoms with E-state index in [4.69, 9.17) is 10.8 Å². The third-order valence-corrected chi connectivity index (χ3v) is 8.13. The van der Waals surface area contributed by atoms with Crippen molar-refractivity contribution in [3.63, 3.8) is 0 Å². The first kappa shape index (κ1) is 25.6. The van der Waals surface area contributed by atoms with Gasteiger partial charge in [0, 0.05) is 74.2 Å². The van der Waals surface area contributed by atoms with Crippen LogP contribution in [-0.4, -0.2) is 98.2 Å². The summed E-state index contributed by atoms with van der Waals surface area (Å²) in [7, 11) is 3.85. The summed E-state index contributed by atoms with van der Waals surface area (Å²) in [4.78, 5) is 31.3. The van der Waals surface area contributed by atoms with Gasteiger partial charge >= 0.3 is 0 Å². The number of benzene rings is 1. The smallest absolute Gasteiger partial charge is 0.254 e. The molecule has 0 bridgehead atoms. The van der Waals surface area contributed by atoms with Crippen molar-refractivity contribution < 1.29 is 9.18 Å². The van der Waals surface area contributed by atoms with Gasteiger partial charge in [0.15, 0.2) is 0 Å². The van der Waals surface area contributed by atoms with Crippen LogP contribution in [0.4, 0.5) is 4.39 Å². The lowest BCUT2D eigenvalue weighted by Gasteiger charge is -2.53. The van der Waals surface area contributed by atoms with Gasteiger partial charge in [-0.15, -0.1) is 0 Å². The van der Waals surface area contributed by atoms with E-state index in [1.165, 1.54) is 12.1 Å². The first-order chi connectivity index (χ1) is 18.8. The number of nitrogens with zero attached hydrogens (tertiary/aromatic N) is 7. The Morgan fingerprint density at radius 2 is 1.97 bits per heavy atom. The normalized spacial score (nSPS) is 22.0. The van der Waals surface area contributed by atoms with Crippen LogP contribution >= 0.6 is 0 Å². The summed E-state index contributed by atoms with van der Waals surface area (Å²) >= 11 is 0. The van der Waals surface area contributed by atoms with E-state index in [2.05, 4.69) is 19.9 Å². The number of nitrogens with one attached hydrogen (secondary N) is 1. The van der Waals surface area contributed by atoms with E-state index in [-0.39, 0.29) is 17.3 Å². The summed E-state index contributed by atoms with van der Waals surface area (Å²) in [5, 5.41) is 5.65. The highest BCUT2D eigenvalue weighted by Crippen LogP contribution is 2.42. The number of hydrogen-bond donors (Lipinski definition) is 2. The van der Waals surface area contributed by atoms with Gasteiger partial charge in [0.05, 0.1) is 17.4 Å². The highest BCUT2D eigenvalue weighted by Gasteiger charge is 2.48. The zero-order valence-corrected chi connectivity index (χ0v) is 22.3. The Labute approximate surface area is 226 Å². The average Bonchev–Trinajstić information content (AvgIpc) is 3.58. The van der Waals surface area contributed by atoms with Crippen molar-refractivity contribution in [2.45, 2.75) is 31.0 Å². The molecule has 1 amide bonds. The molecule has 2 fully saturated rings. The number of amides is 1. The topological polar surface area (TPSA) is 112 Å². The average molecular weight is 532 g/mol. The monoisotopic (exact) mass is 531 g/mol. The SMILES string of the molecule is CN(C)Cc1cc(F)cc(C(=O)N2CCN(C3CC(CN)(n4cc(-c5ncnc6[nH]ccc56)cn4)C3)CC2)c1. The molecule has 4 heterocycles. The summed E-state index contributed by atoms with van der Waals surface area (Å²) in [6, 6.07) is 7.00. The molecule has 204 valence electrons. The van der Waals surface area contributed by atoms with E-state index in [0.717, 1.165) is 53.8 Å². The van der Waals surface area contributed by atoms with Gasteiger partial charge in [-0.25, -0.2) is 14.4 Å². The predicted molar refractivity (Wildman–Crippen MR) is 146 cm³/mol. The van der Waals surface area contributed by atoms with Gasteiger partial charge < -0.3 is 20.5 Å². The van der Waals surface area contributed by atoms with Crippen LogP contribution in [0, 0.1) is 5.82 Å². The molecule has 0 spiro atoms. The quantitative estimate of drug-likeness (QED) is 0.376. The third-order valence-electron chi connectivity index (χ3n) is 8.13. The maximum absolute atomic E-state index is 14.2. The van der Waals surface area contributed by atoms with E-state index < -0.39 is 0 Å². The fourth-order valence-corrected chi connectivity index (χ4v) is 6.03. The van der Waals surface area contributed by atoms with E-state index in [0.29, 0.717) is 37.8 Å². The Kier molecular flexibility index (Phi) is 6.66. The molecule has 4 aromatic rings. The molecule has 0 radical (unpaired) electrons. The van der Waals surface area contributed by atoms with Gasteiger partial charge in [-0.3, -0.25) is 14.4 Å². The lowest BCUT2D eigenvalue weighted by atomic mass is 9.71. The predicted octanol–water partition coefficient (Wildman–Crippen LogP) is 2.30. The first-order valence-electron chi connectivity index (χ1n) is 13.4. The molecule has 2 aliphatic rings. The zero-order valence-electron chi connectivity index (χ0n) is 22.3. The number of aromatic amines is 1. The molecule has 0 atom stereocenters. The number of hydrogen-bond acceptors (Lipinski definition) is 7. The van der Waals surface area contributed by atoms with Crippen molar-refractivity contribution in [1.29, 1.82) is 0 Å². The molecule has 39 heavy (non-hydrogen) atoms. The molecule has 1 aliphatic heterocycles. The standard InChI is InChI=1S/C28H34FN9O/c1-35(2)15-19-9-20(11-22(29)10-19)27(39)37-7-5-36(6-8-37)23-12-28(13-23,17-30)38-16-21(14-34-38)25-24-3-4-31-26(24)33-18-32-25/h3-4,9-11,14,16,18,23H,5-8,12-13,15,17,30H2,1-2H3,(H,31,32,33). The summed E-state index contributed by atoms with van der Waals surface area (Å²) in [6.45, 7) is 3.90. The summed E-state index contributed by atoms with van der Waals surface area (Å²) < 4.78 is 16.2. The molecule has 0 unspecified atom stereocenters. The molecule has 1 aliphatic carbocycles. The molecular formula is C28H34FN9O. The van der Waals surface area contributed by atoms with Gasteiger partial charge in [0.1, 0.15) is 17.8 Å². The molecule has 10 nitrogen and oxygen atoms in total. The van der Waals surface area contributed by atoms with E-state index in [1.807, 2.05) is 53.2 Å². The second-order valence-electron chi connectivity index (χ2n) is 11.0. The van der Waals surface area contributed by atoms with Crippen molar-refractivity contribution in [2.24, 2.45) is 5.73 Å². The Morgan fingerprint density at radius 1 is 1.18 bits per heavy atom. The lowest BCUT2D eigenvalue weighted by Crippen LogP contribution is -2.62. The maximum Gasteiger partial charge on any atom is 0.254 e. The Hall–Kier alpha value is -3.67. The summed E-state index contributed by atoms with van der Waals surface area (Å²) in [6.07, 6.45) is 9.11. The summed E-state index contributed by atoms with van der Waals surface area (Å²) in [5.74, 6) is -0.479. The number of nitrogens with two attached hydrogens (primary N) is 1. The molecule has 1 aromatic carbocycles. The van der Waals surface area contributed by atoms with Gasteiger partial charge in [-0.1, -0.05) is 0 Å². The van der Waals surface area contributed by atoms with Crippen LogP contribution in [0.15, 0.2) is 49.2 Å². The number of H-pyrrole nitrogens is 1. The number of piperazine rings is 1. The number of rotatable bonds is 7. The van der Waals surface area contributed by atoms with Crippen molar-refractivity contribution in [3.8, 4) is 11.3 Å². The van der Waals surface area contributed by atoms with Crippen LogP contribution in [0.3, 0.4) is 0 Å². The van der Waals surface area contributed by atoms with Crippen LogP contribution in [0.5, 0.6) is 0 Å². The minimum atomic E-state index is -0.372. The molecule has 3 N–H and O–H groups in total. The molecule has 1 saturated heterocycles. The number of fused-ring (bicyclic) bond motifs is 1. The van der Waals surface area contributed by atoms with Gasteiger partial charge in [0.2, 0.25) is 0 Å². The number of carbonyl (C=O) groups is 1. The molecule has 1 saturated carbocycles. The van der Waals surface area contributed by atoms with Crippen LogP contribution in [0.25, 0.3) is 22.3 Å². The highest BCUT2D eigenvalue weighted by molar-refractivity contribution is 5.94. The first-order valence-corrected chi connectivity index (χ1v) is 13.4. The number of aromatic nitrogens is 5. The largest absolute Gasteiger partial charge is 0.346 e. The minimum Gasteiger partial charge on any atom is -0.346 e. The molecule has 3 aromatic heterocycles. The van der Waals surface area contributed by atoms with E-state index in [9.17, 15) is 9.18 Å². The van der Waals surface area contributed by atoms with E-state index >= 15 is 0 Å². The fraction of sp³-hybridized carbons (Fsp3) is 0.429. The summed E-state index contributed by atoms with van der Waals surface area (Å²) in [5.41, 5.74) is 9.88. The maximum atomic E-state index is 14.2. The van der Waals surface area contributed by atoms with Crippen molar-refractivity contribution in [2.75, 3.05) is 46.8 Å². The van der Waals surface area contributed by atoms with Crippen LogP contribution in [-0.2, 0) is 12.1 Å². The van der Waals surface area contributed by atoms with Crippen LogP contribution in [0.2, 0.25) is 0 Å². The minimum absolute atomic E-state index is 0.107. The molecule has 11 heteroatoms. The Bertz CT molecular complexity index is 1480. The van der Waals surface area contributed by atoms with Crippen molar-refractivity contribution in [1.82, 2.24) is 39.4 Å². The Morgan fingerprint density at radius 3 is 2.72 bits per heavy atom. The molecular weight excluding hydrogens is 497 g/mol. The zero-order chi connectivity index (χ0) is 27.1. The number of halogens is 1.